The summed E-state index contributed by atoms with van der Waals surface area (Å²) in [7, 11) is 1.93. The van der Waals surface area contributed by atoms with E-state index in [2.05, 4.69) is 6.07 Å². The highest BCUT2D eigenvalue weighted by molar-refractivity contribution is 6.30. The maximum absolute atomic E-state index is 13.3. The van der Waals surface area contributed by atoms with Crippen molar-refractivity contribution in [3.05, 3.63) is 70.0 Å². The van der Waals surface area contributed by atoms with Gasteiger partial charge in [-0.25, -0.2) is 4.39 Å². The molecule has 0 aliphatic carbocycles. The van der Waals surface area contributed by atoms with Crippen LogP contribution < -0.4 is 0 Å². The van der Waals surface area contributed by atoms with Crippen molar-refractivity contribution >= 4 is 11.6 Å². The number of rotatable bonds is 4. The molecule has 0 spiro atoms. The molecular weight excluding hydrogens is 275 g/mol. The van der Waals surface area contributed by atoms with E-state index in [1.165, 1.54) is 18.2 Å². The Hall–Kier alpha value is -1.89. The third kappa shape index (κ3) is 3.80. The zero-order valence-electron chi connectivity index (χ0n) is 11.1. The Morgan fingerprint density at radius 3 is 2.50 bits per heavy atom. The lowest BCUT2D eigenvalue weighted by atomic mass is 10.1. The lowest BCUT2D eigenvalue weighted by Gasteiger charge is -2.17. The van der Waals surface area contributed by atoms with E-state index in [1.807, 2.05) is 36.2 Å². The molecule has 0 amide bonds. The molecule has 2 aromatic rings. The molecule has 0 saturated carbocycles. The van der Waals surface area contributed by atoms with Gasteiger partial charge in [0.15, 0.2) is 0 Å². The van der Waals surface area contributed by atoms with Crippen molar-refractivity contribution in [1.29, 1.82) is 5.26 Å². The minimum atomic E-state index is -0.320. The molecule has 2 aromatic carbocycles. The molecule has 0 saturated heterocycles. The van der Waals surface area contributed by atoms with E-state index in [4.69, 9.17) is 16.9 Å². The first-order valence-electron chi connectivity index (χ1n) is 6.20. The first kappa shape index (κ1) is 14.5. The minimum Gasteiger partial charge on any atom is -0.298 e. The Morgan fingerprint density at radius 1 is 1.15 bits per heavy atom. The Kier molecular flexibility index (Phi) is 4.73. The average molecular weight is 289 g/mol. The number of benzene rings is 2. The van der Waals surface area contributed by atoms with Crippen LogP contribution in [0.4, 0.5) is 4.39 Å². The summed E-state index contributed by atoms with van der Waals surface area (Å²) < 4.78 is 13.3. The summed E-state index contributed by atoms with van der Waals surface area (Å²) in [6, 6.07) is 13.9. The van der Waals surface area contributed by atoms with Gasteiger partial charge < -0.3 is 0 Å². The molecule has 0 aliphatic heterocycles. The predicted octanol–water partition coefficient (Wildman–Crippen LogP) is 3.98. The standard InChI is InChI=1S/C16H14ClFN2/c1-20(10-12-2-5-15(17)6-3-12)11-14-8-16(18)7-4-13(14)9-19/h2-8H,10-11H2,1H3. The number of halogens is 2. The van der Waals surface area contributed by atoms with E-state index in [1.54, 1.807) is 0 Å². The molecule has 2 nitrogen and oxygen atoms in total. The summed E-state index contributed by atoms with van der Waals surface area (Å²) in [5, 5.41) is 9.74. The fourth-order valence-electron chi connectivity index (χ4n) is 2.05. The monoisotopic (exact) mass is 288 g/mol. The summed E-state index contributed by atoms with van der Waals surface area (Å²) >= 11 is 5.84. The van der Waals surface area contributed by atoms with Crippen LogP contribution in [0.15, 0.2) is 42.5 Å². The maximum Gasteiger partial charge on any atom is 0.123 e. The lowest BCUT2D eigenvalue weighted by molar-refractivity contribution is 0.318. The second-order valence-corrected chi connectivity index (χ2v) is 5.15. The van der Waals surface area contributed by atoms with Crippen LogP contribution in [0.3, 0.4) is 0 Å². The van der Waals surface area contributed by atoms with Gasteiger partial charge in [0.2, 0.25) is 0 Å². The molecule has 0 aromatic heterocycles. The van der Waals surface area contributed by atoms with Crippen molar-refractivity contribution in [1.82, 2.24) is 4.90 Å². The van der Waals surface area contributed by atoms with Crippen molar-refractivity contribution in [2.45, 2.75) is 13.1 Å². The molecule has 0 heterocycles. The summed E-state index contributed by atoms with van der Waals surface area (Å²) in [6.07, 6.45) is 0. The van der Waals surface area contributed by atoms with Crippen molar-refractivity contribution in [2.24, 2.45) is 0 Å². The van der Waals surface area contributed by atoms with Gasteiger partial charge >= 0.3 is 0 Å². The maximum atomic E-state index is 13.3. The van der Waals surface area contributed by atoms with Crippen LogP contribution >= 0.6 is 11.6 Å². The van der Waals surface area contributed by atoms with Crippen LogP contribution in [0.25, 0.3) is 0 Å². The third-order valence-corrected chi connectivity index (χ3v) is 3.25. The van der Waals surface area contributed by atoms with E-state index in [-0.39, 0.29) is 5.82 Å². The normalized spacial score (nSPS) is 10.6. The number of nitrogens with zero attached hydrogens (tertiary/aromatic N) is 2. The highest BCUT2D eigenvalue weighted by Crippen LogP contribution is 2.15. The zero-order chi connectivity index (χ0) is 14.5. The molecule has 20 heavy (non-hydrogen) atoms. The smallest absolute Gasteiger partial charge is 0.123 e. The SMILES string of the molecule is CN(Cc1ccc(Cl)cc1)Cc1cc(F)ccc1C#N. The quantitative estimate of drug-likeness (QED) is 0.851. The van der Waals surface area contributed by atoms with E-state index in [0.29, 0.717) is 29.2 Å². The van der Waals surface area contributed by atoms with Gasteiger partial charge in [-0.2, -0.15) is 5.26 Å². The Labute approximate surface area is 123 Å². The van der Waals surface area contributed by atoms with Gasteiger partial charge in [0.1, 0.15) is 5.82 Å². The summed E-state index contributed by atoms with van der Waals surface area (Å²) in [6.45, 7) is 1.22. The van der Waals surface area contributed by atoms with Crippen molar-refractivity contribution < 1.29 is 4.39 Å². The van der Waals surface area contributed by atoms with Gasteiger partial charge in [0.25, 0.3) is 0 Å². The minimum absolute atomic E-state index is 0.320. The second kappa shape index (κ2) is 6.51. The van der Waals surface area contributed by atoms with Crippen LogP contribution in [0, 0.1) is 17.1 Å². The lowest BCUT2D eigenvalue weighted by Crippen LogP contribution is -2.18. The van der Waals surface area contributed by atoms with Gasteiger partial charge in [0.05, 0.1) is 11.6 Å². The zero-order valence-corrected chi connectivity index (χ0v) is 11.9. The van der Waals surface area contributed by atoms with Crippen molar-refractivity contribution in [3.8, 4) is 6.07 Å². The predicted molar refractivity (Wildman–Crippen MR) is 77.7 cm³/mol. The van der Waals surface area contributed by atoms with Crippen LogP contribution in [0.5, 0.6) is 0 Å². The molecule has 0 radical (unpaired) electrons. The molecule has 102 valence electrons. The summed E-state index contributed by atoms with van der Waals surface area (Å²) in [5.41, 5.74) is 2.32. The number of nitriles is 1. The van der Waals surface area contributed by atoms with Gasteiger partial charge in [0, 0.05) is 18.1 Å². The summed E-state index contributed by atoms with van der Waals surface area (Å²) in [5.74, 6) is -0.320. The Bertz CT molecular complexity index is 632. The van der Waals surface area contributed by atoms with Gasteiger partial charge in [-0.15, -0.1) is 0 Å². The molecule has 4 heteroatoms. The Balaban J connectivity index is 2.08. The third-order valence-electron chi connectivity index (χ3n) is 2.99. The number of hydrogen-bond acceptors (Lipinski definition) is 2. The van der Waals surface area contributed by atoms with Crippen LogP contribution in [-0.4, -0.2) is 11.9 Å². The Morgan fingerprint density at radius 2 is 1.85 bits per heavy atom. The van der Waals surface area contributed by atoms with Gasteiger partial charge in [-0.3, -0.25) is 4.90 Å². The first-order chi connectivity index (χ1) is 9.58. The van der Waals surface area contributed by atoms with Crippen molar-refractivity contribution in [3.63, 3.8) is 0 Å². The molecule has 0 aliphatic rings. The first-order valence-corrected chi connectivity index (χ1v) is 6.58. The average Bonchev–Trinajstić information content (AvgIpc) is 2.41. The summed E-state index contributed by atoms with van der Waals surface area (Å²) in [4.78, 5) is 2.03. The second-order valence-electron chi connectivity index (χ2n) is 4.71. The van der Waals surface area contributed by atoms with Crippen LogP contribution in [0.1, 0.15) is 16.7 Å². The molecular formula is C16H14ClFN2. The molecule has 0 N–H and O–H groups in total. The van der Waals surface area contributed by atoms with E-state index in [9.17, 15) is 4.39 Å². The highest BCUT2D eigenvalue weighted by Gasteiger charge is 2.07. The molecule has 0 bridgehead atoms. The molecule has 0 atom stereocenters. The molecule has 0 unspecified atom stereocenters. The largest absolute Gasteiger partial charge is 0.298 e. The highest BCUT2D eigenvalue weighted by atomic mass is 35.5. The fourth-order valence-corrected chi connectivity index (χ4v) is 2.18. The van der Waals surface area contributed by atoms with Crippen LogP contribution in [0.2, 0.25) is 5.02 Å². The van der Waals surface area contributed by atoms with E-state index >= 15 is 0 Å². The number of hydrogen-bond donors (Lipinski definition) is 0. The van der Waals surface area contributed by atoms with Crippen molar-refractivity contribution in [2.75, 3.05) is 7.05 Å². The van der Waals surface area contributed by atoms with Gasteiger partial charge in [-0.1, -0.05) is 23.7 Å². The van der Waals surface area contributed by atoms with Crippen LogP contribution in [-0.2, 0) is 13.1 Å². The topological polar surface area (TPSA) is 27.0 Å². The molecule has 2 rings (SSSR count). The fraction of sp³-hybridized carbons (Fsp3) is 0.188. The van der Waals surface area contributed by atoms with E-state index in [0.717, 1.165) is 5.56 Å². The van der Waals surface area contributed by atoms with Gasteiger partial charge in [-0.05, 0) is 48.5 Å². The van der Waals surface area contributed by atoms with E-state index < -0.39 is 0 Å². The molecule has 0 fully saturated rings.